The van der Waals surface area contributed by atoms with Crippen LogP contribution in [0.5, 0.6) is 0 Å². The molecular weight excluding hydrogens is 314 g/mol. The van der Waals surface area contributed by atoms with E-state index in [4.69, 9.17) is 0 Å². The van der Waals surface area contributed by atoms with Crippen molar-refractivity contribution in [3.8, 4) is 0 Å². The lowest BCUT2D eigenvalue weighted by Crippen LogP contribution is -2.55. The maximum absolute atomic E-state index is 12.8. The smallest absolute Gasteiger partial charge is 0.240 e. The molecule has 0 aromatic heterocycles. The normalized spacial score (nSPS) is 25.0. The Kier molecular flexibility index (Phi) is 4.70. The van der Waals surface area contributed by atoms with Crippen molar-refractivity contribution in [1.82, 2.24) is 14.9 Å². The van der Waals surface area contributed by atoms with E-state index in [1.807, 2.05) is 12.1 Å². The maximum atomic E-state index is 12.8. The average molecular weight is 337 g/mol. The van der Waals surface area contributed by atoms with E-state index in [9.17, 15) is 13.2 Å². The van der Waals surface area contributed by atoms with Crippen molar-refractivity contribution in [1.29, 1.82) is 0 Å². The van der Waals surface area contributed by atoms with Gasteiger partial charge in [-0.05, 0) is 30.4 Å². The highest BCUT2D eigenvalue weighted by atomic mass is 32.2. The molecule has 23 heavy (non-hydrogen) atoms. The van der Waals surface area contributed by atoms with Crippen LogP contribution in [0.2, 0.25) is 0 Å². The molecule has 1 fully saturated rings. The molecule has 1 aromatic rings. The second-order valence-electron chi connectivity index (χ2n) is 6.42. The summed E-state index contributed by atoms with van der Waals surface area (Å²) in [4.78, 5) is 14.5. The van der Waals surface area contributed by atoms with Gasteiger partial charge in [0.05, 0.1) is 12.3 Å². The zero-order valence-corrected chi connectivity index (χ0v) is 14.1. The van der Waals surface area contributed by atoms with E-state index in [-0.39, 0.29) is 18.0 Å². The summed E-state index contributed by atoms with van der Waals surface area (Å²) in [7, 11) is -3.24. The molecule has 0 bridgehead atoms. The van der Waals surface area contributed by atoms with E-state index in [2.05, 4.69) is 22.2 Å². The van der Waals surface area contributed by atoms with Crippen LogP contribution in [0.25, 0.3) is 0 Å². The first-order chi connectivity index (χ1) is 10.9. The predicted octanol–water partition coefficient (Wildman–Crippen LogP) is 0.241. The Morgan fingerprint density at radius 3 is 2.78 bits per heavy atom. The third kappa shape index (κ3) is 4.10. The molecule has 7 heteroatoms. The molecule has 1 amide bonds. The van der Waals surface area contributed by atoms with E-state index in [0.29, 0.717) is 26.1 Å². The maximum Gasteiger partial charge on any atom is 0.240 e. The number of fused-ring (bicyclic) bond motifs is 1. The van der Waals surface area contributed by atoms with Crippen molar-refractivity contribution in [3.63, 3.8) is 0 Å². The number of carbonyl (C=O) groups excluding carboxylic acids is 1. The standard InChI is InChI=1S/C16H23N3O3S/c1-23(21,22)18-14-7-4-8-19(11-14)16(20)15-9-12-5-2-3-6-13(12)10-17-15/h2-3,5-6,14-15,17-18H,4,7-11H2,1H3. The minimum Gasteiger partial charge on any atom is -0.340 e. The van der Waals surface area contributed by atoms with Gasteiger partial charge in [-0.2, -0.15) is 0 Å². The zero-order valence-electron chi connectivity index (χ0n) is 13.3. The lowest BCUT2D eigenvalue weighted by atomic mass is 9.94. The molecule has 2 aliphatic heterocycles. The quantitative estimate of drug-likeness (QED) is 0.828. The Morgan fingerprint density at radius 2 is 2.04 bits per heavy atom. The number of carbonyl (C=O) groups is 1. The summed E-state index contributed by atoms with van der Waals surface area (Å²) in [5.74, 6) is 0.0690. The summed E-state index contributed by atoms with van der Waals surface area (Å²) < 4.78 is 25.4. The topological polar surface area (TPSA) is 78.5 Å². The van der Waals surface area contributed by atoms with Gasteiger partial charge in [-0.25, -0.2) is 13.1 Å². The molecule has 1 aromatic carbocycles. The zero-order chi connectivity index (χ0) is 16.4. The number of likely N-dealkylation sites (tertiary alicyclic amines) is 1. The van der Waals surface area contributed by atoms with Crippen LogP contribution in [0, 0.1) is 0 Å². The van der Waals surface area contributed by atoms with Gasteiger partial charge in [0.25, 0.3) is 0 Å². The van der Waals surface area contributed by atoms with Gasteiger partial charge in [0.15, 0.2) is 0 Å². The number of amides is 1. The van der Waals surface area contributed by atoms with Gasteiger partial charge in [-0.15, -0.1) is 0 Å². The summed E-state index contributed by atoms with van der Waals surface area (Å²) in [6.07, 6.45) is 3.45. The first kappa shape index (κ1) is 16.4. The summed E-state index contributed by atoms with van der Waals surface area (Å²) in [5, 5.41) is 3.31. The van der Waals surface area contributed by atoms with Gasteiger partial charge in [-0.3, -0.25) is 4.79 Å². The monoisotopic (exact) mass is 337 g/mol. The Bertz CT molecular complexity index is 690. The van der Waals surface area contributed by atoms with Crippen molar-refractivity contribution in [2.75, 3.05) is 19.3 Å². The van der Waals surface area contributed by atoms with Crippen molar-refractivity contribution in [2.45, 2.75) is 37.9 Å². The lowest BCUT2D eigenvalue weighted by molar-refractivity contribution is -0.134. The lowest BCUT2D eigenvalue weighted by Gasteiger charge is -2.36. The van der Waals surface area contributed by atoms with Crippen LogP contribution < -0.4 is 10.0 Å². The molecule has 2 atom stereocenters. The number of piperidine rings is 1. The summed E-state index contributed by atoms with van der Waals surface area (Å²) in [6, 6.07) is 7.75. The van der Waals surface area contributed by atoms with Crippen LogP contribution in [-0.4, -0.2) is 50.7 Å². The van der Waals surface area contributed by atoms with Crippen molar-refractivity contribution < 1.29 is 13.2 Å². The fraction of sp³-hybridized carbons (Fsp3) is 0.562. The minimum absolute atomic E-state index is 0.0690. The Balaban J connectivity index is 1.64. The highest BCUT2D eigenvalue weighted by Gasteiger charge is 2.31. The van der Waals surface area contributed by atoms with E-state index < -0.39 is 10.0 Å². The van der Waals surface area contributed by atoms with Gasteiger partial charge < -0.3 is 10.2 Å². The van der Waals surface area contributed by atoms with Gasteiger partial charge in [-0.1, -0.05) is 24.3 Å². The van der Waals surface area contributed by atoms with Crippen LogP contribution >= 0.6 is 0 Å². The molecule has 0 saturated carbocycles. The summed E-state index contributed by atoms with van der Waals surface area (Å²) >= 11 is 0. The van der Waals surface area contributed by atoms with Crippen LogP contribution in [0.1, 0.15) is 24.0 Å². The number of hydrogen-bond acceptors (Lipinski definition) is 4. The van der Waals surface area contributed by atoms with Crippen LogP contribution in [0.15, 0.2) is 24.3 Å². The van der Waals surface area contributed by atoms with Crippen molar-refractivity contribution >= 4 is 15.9 Å². The van der Waals surface area contributed by atoms with Crippen LogP contribution in [-0.2, 0) is 27.8 Å². The van der Waals surface area contributed by atoms with Crippen LogP contribution in [0.3, 0.4) is 0 Å². The Hall–Kier alpha value is -1.44. The molecule has 0 spiro atoms. The number of benzene rings is 1. The highest BCUT2D eigenvalue weighted by molar-refractivity contribution is 7.88. The minimum atomic E-state index is -3.24. The van der Waals surface area contributed by atoms with Crippen LogP contribution in [0.4, 0.5) is 0 Å². The molecule has 126 valence electrons. The fourth-order valence-corrected chi connectivity index (χ4v) is 4.22. The molecule has 2 aliphatic rings. The molecule has 2 heterocycles. The molecule has 0 radical (unpaired) electrons. The molecule has 2 unspecified atom stereocenters. The van der Waals surface area contributed by atoms with Gasteiger partial charge in [0, 0.05) is 25.7 Å². The first-order valence-electron chi connectivity index (χ1n) is 7.98. The van der Waals surface area contributed by atoms with E-state index >= 15 is 0 Å². The third-order valence-electron chi connectivity index (χ3n) is 4.49. The third-order valence-corrected chi connectivity index (χ3v) is 5.25. The fourth-order valence-electron chi connectivity index (χ4n) is 3.43. The van der Waals surface area contributed by atoms with E-state index in [1.165, 1.54) is 11.1 Å². The molecule has 0 aliphatic carbocycles. The molecule has 6 nitrogen and oxygen atoms in total. The largest absolute Gasteiger partial charge is 0.340 e. The van der Waals surface area contributed by atoms with Crippen molar-refractivity contribution in [2.24, 2.45) is 0 Å². The number of nitrogens with zero attached hydrogens (tertiary/aromatic N) is 1. The van der Waals surface area contributed by atoms with Crippen molar-refractivity contribution in [3.05, 3.63) is 35.4 Å². The average Bonchev–Trinajstić information content (AvgIpc) is 2.52. The van der Waals surface area contributed by atoms with Gasteiger partial charge in [0.1, 0.15) is 0 Å². The molecule has 3 rings (SSSR count). The number of hydrogen-bond donors (Lipinski definition) is 2. The number of rotatable bonds is 3. The second-order valence-corrected chi connectivity index (χ2v) is 8.20. The molecule has 2 N–H and O–H groups in total. The second kappa shape index (κ2) is 6.59. The Labute approximate surface area is 137 Å². The number of sulfonamides is 1. The Morgan fingerprint density at radius 1 is 1.30 bits per heavy atom. The molecular formula is C16H23N3O3S. The summed E-state index contributed by atoms with van der Waals surface area (Å²) in [5.41, 5.74) is 2.46. The predicted molar refractivity (Wildman–Crippen MR) is 88.4 cm³/mol. The molecule has 1 saturated heterocycles. The first-order valence-corrected chi connectivity index (χ1v) is 9.88. The SMILES string of the molecule is CS(=O)(=O)NC1CCCN(C(=O)C2Cc3ccccc3CN2)C1. The highest BCUT2D eigenvalue weighted by Crippen LogP contribution is 2.19. The van der Waals surface area contributed by atoms with E-state index in [0.717, 1.165) is 19.1 Å². The van der Waals surface area contributed by atoms with E-state index in [1.54, 1.807) is 4.90 Å². The van der Waals surface area contributed by atoms with Gasteiger partial charge in [0.2, 0.25) is 15.9 Å². The van der Waals surface area contributed by atoms with Gasteiger partial charge >= 0.3 is 0 Å². The number of nitrogens with one attached hydrogen (secondary N) is 2. The summed E-state index contributed by atoms with van der Waals surface area (Å²) in [6.45, 7) is 1.85.